The Bertz CT molecular complexity index is 445. The van der Waals surface area contributed by atoms with Crippen molar-refractivity contribution in [1.29, 1.82) is 0 Å². The first-order valence-corrected chi connectivity index (χ1v) is 5.51. The second kappa shape index (κ2) is 4.45. The van der Waals surface area contributed by atoms with E-state index < -0.39 is 0 Å². The number of fused-ring (bicyclic) bond motifs is 1. The standard InChI is InChI=1S/C12H17N3/c1-2-12-14-10(6-5-8-13)11-7-3-4-9-15(11)12/h3-4,7,9H,2,5-6,8,13H2,1H3. The SMILES string of the molecule is CCc1nc(CCCN)c2ccccn12. The molecule has 3 heteroatoms. The van der Waals surface area contributed by atoms with Crippen LogP contribution in [0.1, 0.15) is 24.9 Å². The van der Waals surface area contributed by atoms with E-state index >= 15 is 0 Å². The van der Waals surface area contributed by atoms with Gasteiger partial charge in [-0.25, -0.2) is 4.98 Å². The summed E-state index contributed by atoms with van der Waals surface area (Å²) in [5.41, 5.74) is 7.93. The molecular weight excluding hydrogens is 186 g/mol. The molecule has 0 bridgehead atoms. The van der Waals surface area contributed by atoms with Crippen molar-refractivity contribution in [3.05, 3.63) is 35.9 Å². The first-order valence-electron chi connectivity index (χ1n) is 5.51. The average molecular weight is 203 g/mol. The van der Waals surface area contributed by atoms with Crippen molar-refractivity contribution in [2.24, 2.45) is 5.73 Å². The number of imidazole rings is 1. The van der Waals surface area contributed by atoms with Crippen molar-refractivity contribution >= 4 is 5.52 Å². The molecule has 80 valence electrons. The molecule has 0 spiro atoms. The van der Waals surface area contributed by atoms with Gasteiger partial charge in [0.1, 0.15) is 5.82 Å². The smallest absolute Gasteiger partial charge is 0.113 e. The van der Waals surface area contributed by atoms with Crippen molar-refractivity contribution in [3.63, 3.8) is 0 Å². The van der Waals surface area contributed by atoms with E-state index in [1.807, 2.05) is 6.07 Å². The van der Waals surface area contributed by atoms with Gasteiger partial charge in [0.2, 0.25) is 0 Å². The van der Waals surface area contributed by atoms with Gasteiger partial charge in [-0.15, -0.1) is 0 Å². The molecule has 15 heavy (non-hydrogen) atoms. The molecule has 2 N–H and O–H groups in total. The molecule has 0 aliphatic carbocycles. The molecule has 0 aliphatic heterocycles. The molecule has 0 radical (unpaired) electrons. The van der Waals surface area contributed by atoms with Crippen LogP contribution in [0, 0.1) is 0 Å². The maximum atomic E-state index is 5.53. The fourth-order valence-electron chi connectivity index (χ4n) is 1.87. The Balaban J connectivity index is 2.45. The first-order chi connectivity index (χ1) is 7.36. The third-order valence-corrected chi connectivity index (χ3v) is 2.63. The third kappa shape index (κ3) is 1.88. The summed E-state index contributed by atoms with van der Waals surface area (Å²) in [7, 11) is 0. The van der Waals surface area contributed by atoms with Crippen LogP contribution < -0.4 is 5.73 Å². The minimum atomic E-state index is 0.729. The largest absolute Gasteiger partial charge is 0.330 e. The van der Waals surface area contributed by atoms with E-state index in [4.69, 9.17) is 5.73 Å². The third-order valence-electron chi connectivity index (χ3n) is 2.63. The van der Waals surface area contributed by atoms with Crippen molar-refractivity contribution in [3.8, 4) is 0 Å². The van der Waals surface area contributed by atoms with Crippen LogP contribution in [0.5, 0.6) is 0 Å². The van der Waals surface area contributed by atoms with Gasteiger partial charge in [-0.2, -0.15) is 0 Å². The van der Waals surface area contributed by atoms with Gasteiger partial charge in [-0.05, 0) is 31.5 Å². The number of aryl methyl sites for hydroxylation is 2. The lowest BCUT2D eigenvalue weighted by Gasteiger charge is -1.97. The van der Waals surface area contributed by atoms with Crippen LogP contribution in [-0.4, -0.2) is 15.9 Å². The summed E-state index contributed by atoms with van der Waals surface area (Å²) < 4.78 is 2.17. The van der Waals surface area contributed by atoms with Crippen LogP contribution >= 0.6 is 0 Å². The highest BCUT2D eigenvalue weighted by molar-refractivity contribution is 5.53. The maximum absolute atomic E-state index is 5.53. The predicted octanol–water partition coefficient (Wildman–Crippen LogP) is 1.79. The van der Waals surface area contributed by atoms with E-state index in [-0.39, 0.29) is 0 Å². The summed E-state index contributed by atoms with van der Waals surface area (Å²) in [6.07, 6.45) is 5.02. The summed E-state index contributed by atoms with van der Waals surface area (Å²) in [6, 6.07) is 6.22. The fourth-order valence-corrected chi connectivity index (χ4v) is 1.87. The predicted molar refractivity (Wildman–Crippen MR) is 61.9 cm³/mol. The minimum Gasteiger partial charge on any atom is -0.330 e. The Hall–Kier alpha value is -1.35. The van der Waals surface area contributed by atoms with Crippen LogP contribution in [0.3, 0.4) is 0 Å². The van der Waals surface area contributed by atoms with E-state index in [0.717, 1.165) is 31.6 Å². The Labute approximate surface area is 89.9 Å². The molecule has 0 aliphatic rings. The molecule has 0 unspecified atom stereocenters. The molecule has 0 atom stereocenters. The minimum absolute atomic E-state index is 0.729. The van der Waals surface area contributed by atoms with E-state index in [1.54, 1.807) is 0 Å². The van der Waals surface area contributed by atoms with Crippen molar-refractivity contribution in [1.82, 2.24) is 9.38 Å². The van der Waals surface area contributed by atoms with Crippen LogP contribution in [0.15, 0.2) is 24.4 Å². The molecule has 0 aromatic carbocycles. The van der Waals surface area contributed by atoms with Gasteiger partial charge >= 0.3 is 0 Å². The number of hydrogen-bond acceptors (Lipinski definition) is 2. The summed E-state index contributed by atoms with van der Waals surface area (Å²) in [5, 5.41) is 0. The van der Waals surface area contributed by atoms with Gasteiger partial charge in [0.05, 0.1) is 11.2 Å². The lowest BCUT2D eigenvalue weighted by molar-refractivity contribution is 0.813. The molecular formula is C12H17N3. The summed E-state index contributed by atoms with van der Waals surface area (Å²) >= 11 is 0. The van der Waals surface area contributed by atoms with Gasteiger partial charge < -0.3 is 10.1 Å². The molecule has 2 rings (SSSR count). The normalized spacial score (nSPS) is 11.1. The maximum Gasteiger partial charge on any atom is 0.113 e. The first kappa shape index (κ1) is 10.2. The fraction of sp³-hybridized carbons (Fsp3) is 0.417. The van der Waals surface area contributed by atoms with E-state index in [2.05, 4.69) is 34.6 Å². The Kier molecular flexibility index (Phi) is 3.02. The van der Waals surface area contributed by atoms with Crippen molar-refractivity contribution in [2.75, 3.05) is 6.54 Å². The Morgan fingerprint density at radius 1 is 1.40 bits per heavy atom. The van der Waals surface area contributed by atoms with Crippen molar-refractivity contribution < 1.29 is 0 Å². The number of pyridine rings is 1. The quantitative estimate of drug-likeness (QED) is 0.823. The van der Waals surface area contributed by atoms with Crippen LogP contribution in [0.2, 0.25) is 0 Å². The highest BCUT2D eigenvalue weighted by Crippen LogP contribution is 2.14. The van der Waals surface area contributed by atoms with Gasteiger partial charge in [-0.1, -0.05) is 13.0 Å². The Morgan fingerprint density at radius 3 is 3.00 bits per heavy atom. The summed E-state index contributed by atoms with van der Waals surface area (Å²) in [5.74, 6) is 1.14. The molecule has 0 amide bonds. The molecule has 2 aromatic rings. The zero-order valence-electron chi connectivity index (χ0n) is 9.11. The molecule has 2 heterocycles. The summed E-state index contributed by atoms with van der Waals surface area (Å²) in [4.78, 5) is 4.65. The Morgan fingerprint density at radius 2 is 2.27 bits per heavy atom. The van der Waals surface area contributed by atoms with Gasteiger partial charge in [0.25, 0.3) is 0 Å². The molecule has 0 fully saturated rings. The van der Waals surface area contributed by atoms with Gasteiger partial charge in [-0.3, -0.25) is 0 Å². The van der Waals surface area contributed by atoms with Crippen LogP contribution in [0.25, 0.3) is 5.52 Å². The zero-order valence-corrected chi connectivity index (χ0v) is 9.11. The molecule has 0 saturated carbocycles. The molecule has 3 nitrogen and oxygen atoms in total. The number of rotatable bonds is 4. The zero-order chi connectivity index (χ0) is 10.7. The number of nitrogens with two attached hydrogens (primary N) is 1. The molecule has 2 aromatic heterocycles. The number of nitrogens with zero attached hydrogens (tertiary/aromatic N) is 2. The van der Waals surface area contributed by atoms with E-state index in [1.165, 1.54) is 11.2 Å². The highest BCUT2D eigenvalue weighted by atomic mass is 15.0. The van der Waals surface area contributed by atoms with Gasteiger partial charge in [0, 0.05) is 12.6 Å². The lowest BCUT2D eigenvalue weighted by Crippen LogP contribution is -2.00. The van der Waals surface area contributed by atoms with E-state index in [0.29, 0.717) is 0 Å². The summed E-state index contributed by atoms with van der Waals surface area (Å²) in [6.45, 7) is 2.86. The highest BCUT2D eigenvalue weighted by Gasteiger charge is 2.07. The van der Waals surface area contributed by atoms with Crippen LogP contribution in [-0.2, 0) is 12.8 Å². The van der Waals surface area contributed by atoms with Gasteiger partial charge in [0.15, 0.2) is 0 Å². The van der Waals surface area contributed by atoms with Crippen molar-refractivity contribution in [2.45, 2.75) is 26.2 Å². The monoisotopic (exact) mass is 203 g/mol. The molecule has 0 saturated heterocycles. The topological polar surface area (TPSA) is 43.3 Å². The lowest BCUT2D eigenvalue weighted by atomic mass is 10.2. The second-order valence-corrected chi connectivity index (χ2v) is 3.68. The second-order valence-electron chi connectivity index (χ2n) is 3.68. The number of hydrogen-bond donors (Lipinski definition) is 1. The number of aromatic nitrogens is 2. The van der Waals surface area contributed by atoms with E-state index in [9.17, 15) is 0 Å². The van der Waals surface area contributed by atoms with Crippen LogP contribution in [0.4, 0.5) is 0 Å². The average Bonchev–Trinajstić information content (AvgIpc) is 2.65.